The molecule has 2 rings (SSSR count). The van der Waals surface area contributed by atoms with Gasteiger partial charge in [-0.05, 0) is 47.0 Å². The van der Waals surface area contributed by atoms with Crippen molar-refractivity contribution in [3.05, 3.63) is 28.5 Å². The summed E-state index contributed by atoms with van der Waals surface area (Å²) in [5.41, 5.74) is 5.23. The van der Waals surface area contributed by atoms with Crippen LogP contribution in [-0.2, 0) is 4.79 Å². The Labute approximate surface area is 130 Å². The number of amides is 1. The van der Waals surface area contributed by atoms with E-state index in [-0.39, 0.29) is 16.2 Å². The lowest BCUT2D eigenvalue weighted by atomic mass is 9.72. The summed E-state index contributed by atoms with van der Waals surface area (Å²) in [5.74, 6) is -0.798. The minimum atomic E-state index is -0.992. The van der Waals surface area contributed by atoms with Gasteiger partial charge in [0.15, 0.2) is 5.84 Å². The molecule has 0 atom stereocenters. The van der Waals surface area contributed by atoms with E-state index in [2.05, 4.69) is 26.4 Å². The van der Waals surface area contributed by atoms with E-state index in [4.69, 9.17) is 10.9 Å². The van der Waals surface area contributed by atoms with Crippen LogP contribution in [-0.4, -0.2) is 17.0 Å². The number of hydrogen-bond acceptors (Lipinski definition) is 3. The number of nitrogens with zero attached hydrogens (tertiary/aromatic N) is 1. The van der Waals surface area contributed by atoms with Crippen molar-refractivity contribution in [2.75, 3.05) is 5.32 Å². The van der Waals surface area contributed by atoms with Crippen molar-refractivity contribution in [1.29, 1.82) is 0 Å². The molecule has 4 N–H and O–H groups in total. The Balaban J connectivity index is 2.24. The second-order valence-electron chi connectivity index (χ2n) is 5.21. The Kier molecular flexibility index (Phi) is 4.82. The maximum Gasteiger partial charge on any atom is 0.238 e. The van der Waals surface area contributed by atoms with Gasteiger partial charge in [0.05, 0.1) is 4.47 Å². The van der Waals surface area contributed by atoms with Crippen molar-refractivity contribution in [3.63, 3.8) is 0 Å². The summed E-state index contributed by atoms with van der Waals surface area (Å²) in [5, 5.41) is 14.7. The van der Waals surface area contributed by atoms with Gasteiger partial charge in [-0.25, -0.2) is 4.39 Å². The second kappa shape index (κ2) is 6.43. The Bertz CT molecular complexity index is 571. The highest BCUT2D eigenvalue weighted by atomic mass is 79.9. The third-order valence-electron chi connectivity index (χ3n) is 3.92. The summed E-state index contributed by atoms with van der Waals surface area (Å²) in [6.07, 6.45) is 3.79. The molecule has 1 aromatic carbocycles. The lowest BCUT2D eigenvalue weighted by molar-refractivity contribution is -0.123. The Morgan fingerprint density at radius 2 is 2.05 bits per heavy atom. The third-order valence-corrected chi connectivity index (χ3v) is 4.52. The van der Waals surface area contributed by atoms with Crippen LogP contribution >= 0.6 is 15.9 Å². The zero-order chi connectivity index (χ0) is 15.5. The van der Waals surface area contributed by atoms with Crippen molar-refractivity contribution < 1.29 is 14.4 Å². The quantitative estimate of drug-likeness (QED) is 0.336. The van der Waals surface area contributed by atoms with E-state index < -0.39 is 11.2 Å². The molecule has 21 heavy (non-hydrogen) atoms. The summed E-state index contributed by atoms with van der Waals surface area (Å²) in [4.78, 5) is 12.6. The predicted molar refractivity (Wildman–Crippen MR) is 81.7 cm³/mol. The van der Waals surface area contributed by atoms with Gasteiger partial charge in [-0.15, -0.1) is 0 Å². The first-order valence-corrected chi connectivity index (χ1v) is 7.53. The molecule has 0 heterocycles. The minimum absolute atomic E-state index is 0.0686. The van der Waals surface area contributed by atoms with Gasteiger partial charge in [-0.1, -0.05) is 24.4 Å². The summed E-state index contributed by atoms with van der Waals surface area (Å²) < 4.78 is 13.5. The van der Waals surface area contributed by atoms with Crippen LogP contribution in [0.2, 0.25) is 0 Å². The number of carbonyl (C=O) groups is 1. The molecule has 0 bridgehead atoms. The smallest absolute Gasteiger partial charge is 0.238 e. The van der Waals surface area contributed by atoms with Crippen LogP contribution in [0.5, 0.6) is 0 Å². The number of hydrogen-bond donors (Lipinski definition) is 3. The molecule has 0 unspecified atom stereocenters. The zero-order valence-corrected chi connectivity index (χ0v) is 13.0. The third kappa shape index (κ3) is 3.18. The van der Waals surface area contributed by atoms with Crippen molar-refractivity contribution in [3.8, 4) is 0 Å². The molecule has 1 saturated carbocycles. The molecule has 114 valence electrons. The first-order chi connectivity index (χ1) is 9.99. The number of nitrogens with two attached hydrogens (primary N) is 1. The minimum Gasteiger partial charge on any atom is -0.409 e. The topological polar surface area (TPSA) is 87.7 Å². The summed E-state index contributed by atoms with van der Waals surface area (Å²) in [7, 11) is 0. The Hall–Kier alpha value is -1.63. The van der Waals surface area contributed by atoms with Gasteiger partial charge in [0, 0.05) is 5.69 Å². The molecular formula is C14H17BrFN3O2. The SMILES string of the molecule is N/C(=N/O)C1(C(=O)Nc2ccc(F)c(Br)c2)CCCCC1. The standard InChI is InChI=1S/C14H17BrFN3O2/c15-10-8-9(4-5-11(10)16)18-13(20)14(12(17)19-21)6-2-1-3-7-14/h4-5,8,21H,1-3,6-7H2,(H2,17,19)(H,18,20). The number of carbonyl (C=O) groups excluding carboxylic acids is 1. The summed E-state index contributed by atoms with van der Waals surface area (Å²) in [6.45, 7) is 0. The number of nitrogens with one attached hydrogen (secondary N) is 1. The molecule has 0 radical (unpaired) electrons. The molecule has 0 aromatic heterocycles. The van der Waals surface area contributed by atoms with E-state index >= 15 is 0 Å². The molecule has 1 aliphatic carbocycles. The number of benzene rings is 1. The number of halogens is 2. The van der Waals surface area contributed by atoms with Gasteiger partial charge in [0.25, 0.3) is 0 Å². The fourth-order valence-electron chi connectivity index (χ4n) is 2.68. The number of oxime groups is 1. The first kappa shape index (κ1) is 15.8. The average Bonchev–Trinajstić information content (AvgIpc) is 2.50. The van der Waals surface area contributed by atoms with E-state index in [9.17, 15) is 9.18 Å². The van der Waals surface area contributed by atoms with Crippen LogP contribution in [0.3, 0.4) is 0 Å². The van der Waals surface area contributed by atoms with Crippen molar-refractivity contribution in [1.82, 2.24) is 0 Å². The molecule has 5 nitrogen and oxygen atoms in total. The highest BCUT2D eigenvalue weighted by Gasteiger charge is 2.43. The highest BCUT2D eigenvalue weighted by Crippen LogP contribution is 2.38. The molecule has 0 aliphatic heterocycles. The van der Waals surface area contributed by atoms with E-state index in [0.717, 1.165) is 19.3 Å². The molecule has 7 heteroatoms. The Morgan fingerprint density at radius 3 is 2.62 bits per heavy atom. The van der Waals surface area contributed by atoms with E-state index in [1.165, 1.54) is 18.2 Å². The number of rotatable bonds is 3. The summed E-state index contributed by atoms with van der Waals surface area (Å²) in [6, 6.07) is 4.22. The molecule has 1 aromatic rings. The van der Waals surface area contributed by atoms with Crippen molar-refractivity contribution in [2.24, 2.45) is 16.3 Å². The summed E-state index contributed by atoms with van der Waals surface area (Å²) >= 11 is 3.07. The van der Waals surface area contributed by atoms with Gasteiger partial charge in [0.2, 0.25) is 5.91 Å². The van der Waals surface area contributed by atoms with Gasteiger partial charge in [-0.2, -0.15) is 0 Å². The van der Waals surface area contributed by atoms with Gasteiger partial charge < -0.3 is 16.3 Å². The van der Waals surface area contributed by atoms with Crippen LogP contribution in [0.1, 0.15) is 32.1 Å². The molecule has 1 fully saturated rings. The Morgan fingerprint density at radius 1 is 1.38 bits per heavy atom. The van der Waals surface area contributed by atoms with Crippen LogP contribution in [0.15, 0.2) is 27.8 Å². The fraction of sp³-hybridized carbons (Fsp3) is 0.429. The lowest BCUT2D eigenvalue weighted by Gasteiger charge is -2.34. The number of amidine groups is 1. The van der Waals surface area contributed by atoms with E-state index in [1.54, 1.807) is 0 Å². The maximum absolute atomic E-state index is 13.2. The van der Waals surface area contributed by atoms with Crippen LogP contribution in [0, 0.1) is 11.2 Å². The van der Waals surface area contributed by atoms with Crippen LogP contribution < -0.4 is 11.1 Å². The van der Waals surface area contributed by atoms with E-state index in [1.807, 2.05) is 0 Å². The second-order valence-corrected chi connectivity index (χ2v) is 6.07. The normalized spacial score (nSPS) is 18.3. The van der Waals surface area contributed by atoms with Crippen LogP contribution in [0.4, 0.5) is 10.1 Å². The van der Waals surface area contributed by atoms with Crippen LogP contribution in [0.25, 0.3) is 0 Å². The number of anilines is 1. The molecular weight excluding hydrogens is 341 g/mol. The van der Waals surface area contributed by atoms with Gasteiger partial charge in [0.1, 0.15) is 11.2 Å². The largest absolute Gasteiger partial charge is 0.409 e. The molecule has 0 saturated heterocycles. The van der Waals surface area contributed by atoms with Gasteiger partial charge in [-0.3, -0.25) is 4.79 Å². The maximum atomic E-state index is 13.2. The monoisotopic (exact) mass is 357 g/mol. The van der Waals surface area contributed by atoms with Crippen molar-refractivity contribution in [2.45, 2.75) is 32.1 Å². The van der Waals surface area contributed by atoms with E-state index in [0.29, 0.717) is 18.5 Å². The highest BCUT2D eigenvalue weighted by molar-refractivity contribution is 9.10. The lowest BCUT2D eigenvalue weighted by Crippen LogP contribution is -2.48. The first-order valence-electron chi connectivity index (χ1n) is 6.74. The predicted octanol–water partition coefficient (Wildman–Crippen LogP) is 3.22. The fourth-order valence-corrected chi connectivity index (χ4v) is 3.05. The van der Waals surface area contributed by atoms with Gasteiger partial charge >= 0.3 is 0 Å². The zero-order valence-electron chi connectivity index (χ0n) is 11.4. The average molecular weight is 358 g/mol. The molecule has 1 aliphatic rings. The molecule has 0 spiro atoms. The van der Waals surface area contributed by atoms with Crippen molar-refractivity contribution >= 4 is 33.4 Å². The molecule has 1 amide bonds.